The molecule has 0 saturated carbocycles. The van der Waals surface area contributed by atoms with Crippen molar-refractivity contribution in [3.63, 3.8) is 0 Å². The van der Waals surface area contributed by atoms with Crippen molar-refractivity contribution in [1.82, 2.24) is 5.32 Å². The van der Waals surface area contributed by atoms with E-state index in [0.29, 0.717) is 6.42 Å². The maximum atomic E-state index is 11.7. The summed E-state index contributed by atoms with van der Waals surface area (Å²) in [6.45, 7) is 3.65. The highest BCUT2D eigenvalue weighted by Crippen LogP contribution is 2.13. The molecule has 0 radical (unpaired) electrons. The molecule has 0 heterocycles. The molecule has 0 aliphatic carbocycles. The van der Waals surface area contributed by atoms with Gasteiger partial charge in [-0.2, -0.15) is 0 Å². The van der Waals surface area contributed by atoms with Crippen LogP contribution in [0.2, 0.25) is 0 Å². The third-order valence-electron chi connectivity index (χ3n) is 2.95. The fourth-order valence-corrected chi connectivity index (χ4v) is 1.76. The van der Waals surface area contributed by atoms with Crippen molar-refractivity contribution in [3.05, 3.63) is 35.9 Å². The van der Waals surface area contributed by atoms with Crippen molar-refractivity contribution >= 4 is 11.9 Å². The van der Waals surface area contributed by atoms with E-state index in [1.807, 2.05) is 37.3 Å². The molecular weight excluding hydrogens is 230 g/mol. The highest BCUT2D eigenvalue weighted by molar-refractivity contribution is 5.82. The minimum atomic E-state index is -0.917. The highest BCUT2D eigenvalue weighted by Gasteiger charge is 2.20. The monoisotopic (exact) mass is 249 g/mol. The van der Waals surface area contributed by atoms with E-state index in [-0.39, 0.29) is 18.4 Å². The van der Waals surface area contributed by atoms with Gasteiger partial charge in [-0.15, -0.1) is 0 Å². The zero-order valence-electron chi connectivity index (χ0n) is 10.7. The molecular formula is C14H19NO3. The van der Waals surface area contributed by atoms with Gasteiger partial charge in [-0.1, -0.05) is 37.3 Å². The van der Waals surface area contributed by atoms with Gasteiger partial charge in [0.25, 0.3) is 0 Å². The van der Waals surface area contributed by atoms with Gasteiger partial charge in [0.05, 0.1) is 12.0 Å². The number of rotatable bonds is 6. The lowest BCUT2D eigenvalue weighted by Gasteiger charge is -2.16. The maximum absolute atomic E-state index is 11.7. The Labute approximate surface area is 107 Å². The number of hydrogen-bond acceptors (Lipinski definition) is 2. The topological polar surface area (TPSA) is 66.4 Å². The first kappa shape index (κ1) is 14.2. The van der Waals surface area contributed by atoms with Crippen LogP contribution in [0.4, 0.5) is 0 Å². The predicted octanol–water partition coefficient (Wildman–Crippen LogP) is 2.36. The fourth-order valence-electron chi connectivity index (χ4n) is 1.76. The van der Waals surface area contributed by atoms with Crippen LogP contribution in [-0.4, -0.2) is 17.0 Å². The quantitative estimate of drug-likeness (QED) is 0.813. The number of carbonyl (C=O) groups is 2. The van der Waals surface area contributed by atoms with Crippen LogP contribution in [0, 0.1) is 5.92 Å². The van der Waals surface area contributed by atoms with Crippen LogP contribution < -0.4 is 5.32 Å². The van der Waals surface area contributed by atoms with E-state index in [1.165, 1.54) is 0 Å². The molecule has 1 aromatic rings. The number of benzene rings is 1. The Balaban J connectivity index is 2.52. The van der Waals surface area contributed by atoms with Crippen molar-refractivity contribution in [1.29, 1.82) is 0 Å². The summed E-state index contributed by atoms with van der Waals surface area (Å²) in [5, 5.41) is 11.7. The summed E-state index contributed by atoms with van der Waals surface area (Å²) >= 11 is 0. The van der Waals surface area contributed by atoms with Gasteiger partial charge in [0.1, 0.15) is 0 Å². The second-order valence-corrected chi connectivity index (χ2v) is 4.35. The molecule has 0 aliphatic heterocycles. The summed E-state index contributed by atoms with van der Waals surface area (Å²) in [5.74, 6) is -1.74. The molecule has 2 N–H and O–H groups in total. The average Bonchev–Trinajstić information content (AvgIpc) is 2.36. The number of carboxylic acid groups (broad SMARTS) is 1. The molecule has 0 aromatic heterocycles. The summed E-state index contributed by atoms with van der Waals surface area (Å²) in [6, 6.07) is 9.48. The molecule has 1 aromatic carbocycles. The Morgan fingerprint density at radius 1 is 1.28 bits per heavy atom. The first-order chi connectivity index (χ1) is 8.54. The van der Waals surface area contributed by atoms with Crippen LogP contribution in [-0.2, 0) is 9.59 Å². The average molecular weight is 249 g/mol. The summed E-state index contributed by atoms with van der Waals surface area (Å²) in [6.07, 6.45) is 0.492. The smallest absolute Gasteiger partial charge is 0.307 e. The minimum absolute atomic E-state index is 0.0308. The summed E-state index contributed by atoms with van der Waals surface area (Å²) in [4.78, 5) is 22.6. The summed E-state index contributed by atoms with van der Waals surface area (Å²) in [7, 11) is 0. The van der Waals surface area contributed by atoms with Crippen LogP contribution in [0.3, 0.4) is 0 Å². The van der Waals surface area contributed by atoms with Crippen LogP contribution >= 0.6 is 0 Å². The van der Waals surface area contributed by atoms with Gasteiger partial charge in [-0.05, 0) is 18.9 Å². The number of nitrogens with one attached hydrogen (secondary N) is 1. The minimum Gasteiger partial charge on any atom is -0.481 e. The fraction of sp³-hybridized carbons (Fsp3) is 0.429. The molecule has 98 valence electrons. The zero-order chi connectivity index (χ0) is 13.5. The molecule has 2 atom stereocenters. The lowest BCUT2D eigenvalue weighted by molar-refractivity contribution is -0.144. The van der Waals surface area contributed by atoms with Gasteiger partial charge in [0.2, 0.25) is 5.91 Å². The molecule has 1 rings (SSSR count). The van der Waals surface area contributed by atoms with E-state index in [1.54, 1.807) is 6.92 Å². The van der Waals surface area contributed by atoms with E-state index < -0.39 is 11.9 Å². The van der Waals surface area contributed by atoms with E-state index >= 15 is 0 Å². The number of amides is 1. The van der Waals surface area contributed by atoms with Crippen molar-refractivity contribution in [2.45, 2.75) is 32.7 Å². The van der Waals surface area contributed by atoms with E-state index in [9.17, 15) is 9.59 Å². The largest absolute Gasteiger partial charge is 0.481 e. The molecule has 2 unspecified atom stereocenters. The van der Waals surface area contributed by atoms with E-state index in [0.717, 1.165) is 5.56 Å². The van der Waals surface area contributed by atoms with Gasteiger partial charge in [0.15, 0.2) is 0 Å². The lowest BCUT2D eigenvalue weighted by atomic mass is 10.0. The number of carbonyl (C=O) groups excluding carboxylic acids is 1. The Bertz CT molecular complexity index is 403. The Morgan fingerprint density at radius 2 is 1.89 bits per heavy atom. The molecule has 18 heavy (non-hydrogen) atoms. The number of hydrogen-bond donors (Lipinski definition) is 2. The SMILES string of the molecule is CCC(CC(=O)NC(C)c1ccccc1)C(=O)O. The lowest BCUT2D eigenvalue weighted by Crippen LogP contribution is -2.30. The zero-order valence-corrected chi connectivity index (χ0v) is 10.7. The summed E-state index contributed by atoms with van der Waals surface area (Å²) in [5.41, 5.74) is 1.01. The van der Waals surface area contributed by atoms with Crippen LogP contribution in [0.5, 0.6) is 0 Å². The second-order valence-electron chi connectivity index (χ2n) is 4.35. The maximum Gasteiger partial charge on any atom is 0.307 e. The van der Waals surface area contributed by atoms with Crippen molar-refractivity contribution in [3.8, 4) is 0 Å². The first-order valence-electron chi connectivity index (χ1n) is 6.11. The van der Waals surface area contributed by atoms with Gasteiger partial charge in [0, 0.05) is 6.42 Å². The number of carboxylic acids is 1. The van der Waals surface area contributed by atoms with Crippen molar-refractivity contribution in [2.75, 3.05) is 0 Å². The molecule has 0 aliphatic rings. The highest BCUT2D eigenvalue weighted by atomic mass is 16.4. The third-order valence-corrected chi connectivity index (χ3v) is 2.95. The van der Waals surface area contributed by atoms with Crippen LogP contribution in [0.1, 0.15) is 38.3 Å². The van der Waals surface area contributed by atoms with Gasteiger partial charge >= 0.3 is 5.97 Å². The van der Waals surface area contributed by atoms with Gasteiger partial charge < -0.3 is 10.4 Å². The Hall–Kier alpha value is -1.84. The first-order valence-corrected chi connectivity index (χ1v) is 6.11. The van der Waals surface area contributed by atoms with Crippen molar-refractivity contribution in [2.24, 2.45) is 5.92 Å². The van der Waals surface area contributed by atoms with E-state index in [4.69, 9.17) is 5.11 Å². The Morgan fingerprint density at radius 3 is 2.39 bits per heavy atom. The van der Waals surface area contributed by atoms with Crippen LogP contribution in [0.15, 0.2) is 30.3 Å². The normalized spacial score (nSPS) is 13.7. The second kappa shape index (κ2) is 6.79. The van der Waals surface area contributed by atoms with E-state index in [2.05, 4.69) is 5.32 Å². The standard InChI is InChI=1S/C14H19NO3/c1-3-11(14(17)18)9-13(16)15-10(2)12-7-5-4-6-8-12/h4-8,10-11H,3,9H2,1-2H3,(H,15,16)(H,17,18). The Kier molecular flexibility index (Phi) is 5.36. The summed E-state index contributed by atoms with van der Waals surface area (Å²) < 4.78 is 0. The predicted molar refractivity (Wildman–Crippen MR) is 69.0 cm³/mol. The molecule has 4 nitrogen and oxygen atoms in total. The van der Waals surface area contributed by atoms with Gasteiger partial charge in [-0.3, -0.25) is 9.59 Å². The van der Waals surface area contributed by atoms with Crippen molar-refractivity contribution < 1.29 is 14.7 Å². The van der Waals surface area contributed by atoms with Gasteiger partial charge in [-0.25, -0.2) is 0 Å². The van der Waals surface area contributed by atoms with Crippen LogP contribution in [0.25, 0.3) is 0 Å². The molecule has 4 heteroatoms. The number of aliphatic carboxylic acids is 1. The molecule has 0 fully saturated rings. The molecule has 0 saturated heterocycles. The molecule has 1 amide bonds. The molecule has 0 bridgehead atoms. The third kappa shape index (κ3) is 4.20. The molecule has 0 spiro atoms.